The smallest absolute Gasteiger partial charge is 0.0366 e. The van der Waals surface area contributed by atoms with Gasteiger partial charge in [0, 0.05) is 18.8 Å². The fourth-order valence-electron chi connectivity index (χ4n) is 2.22. The topological polar surface area (TPSA) is 3.24 Å². The van der Waals surface area contributed by atoms with Gasteiger partial charge in [0.05, 0.1) is 0 Å². The molecule has 1 aromatic rings. The Morgan fingerprint density at radius 3 is 1.52 bits per heavy atom. The average molecular weight is 294 g/mol. The number of nitrogens with zero attached hydrogens (tertiary/aromatic N) is 1. The summed E-state index contributed by atoms with van der Waals surface area (Å²) in [5.74, 6) is 0.639. The summed E-state index contributed by atoms with van der Waals surface area (Å²) in [5, 5.41) is 0. The summed E-state index contributed by atoms with van der Waals surface area (Å²) in [7, 11) is 0. The molecule has 1 fully saturated rings. The van der Waals surface area contributed by atoms with E-state index in [2.05, 4.69) is 43.0 Å². The van der Waals surface area contributed by atoms with Gasteiger partial charge in [0.25, 0.3) is 0 Å². The normalized spacial score (nSPS) is 13.1. The molecule has 1 heterocycles. The molecule has 0 spiro atoms. The van der Waals surface area contributed by atoms with Crippen molar-refractivity contribution in [2.45, 2.75) is 80.6 Å². The quantitative estimate of drug-likeness (QED) is 0.574. The van der Waals surface area contributed by atoms with Crippen molar-refractivity contribution in [1.82, 2.24) is 0 Å². The third-order valence-electron chi connectivity index (χ3n) is 3.28. The van der Waals surface area contributed by atoms with Gasteiger partial charge in [-0.15, -0.1) is 0 Å². The number of rotatable bonds is 2. The van der Waals surface area contributed by atoms with Crippen molar-refractivity contribution in [3.8, 4) is 0 Å². The first-order valence-electron chi connectivity index (χ1n) is 9.12. The highest BCUT2D eigenvalue weighted by Crippen LogP contribution is 2.22. The van der Waals surface area contributed by atoms with E-state index in [1.165, 1.54) is 43.6 Å². The van der Waals surface area contributed by atoms with Crippen molar-refractivity contribution < 1.29 is 0 Å². The Labute approximate surface area is 134 Å². The van der Waals surface area contributed by atoms with Crippen molar-refractivity contribution >= 4 is 5.69 Å². The van der Waals surface area contributed by atoms with Gasteiger partial charge in [-0.2, -0.15) is 0 Å². The summed E-state index contributed by atoms with van der Waals surface area (Å²) in [6, 6.07) is 9.10. The van der Waals surface area contributed by atoms with Crippen LogP contribution in [0, 0.1) is 0 Å². The van der Waals surface area contributed by atoms with E-state index in [0.29, 0.717) is 5.92 Å². The van der Waals surface area contributed by atoms with Gasteiger partial charge in [0.1, 0.15) is 0 Å². The fraction of sp³-hybridized carbons (Fsp3) is 0.700. The van der Waals surface area contributed by atoms with Gasteiger partial charge in [-0.1, -0.05) is 67.5 Å². The molecule has 1 aliphatic heterocycles. The zero-order chi connectivity index (χ0) is 16.7. The lowest BCUT2D eigenvalue weighted by Gasteiger charge is -2.29. The van der Waals surface area contributed by atoms with E-state index in [-0.39, 0.29) is 0 Å². The number of hydrogen-bond donors (Lipinski definition) is 0. The molecule has 0 aromatic heterocycles. The second-order valence-electron chi connectivity index (χ2n) is 4.79. The van der Waals surface area contributed by atoms with Crippen LogP contribution in [-0.2, 0) is 0 Å². The van der Waals surface area contributed by atoms with Crippen LogP contribution < -0.4 is 4.90 Å². The van der Waals surface area contributed by atoms with E-state index in [9.17, 15) is 0 Å². The van der Waals surface area contributed by atoms with E-state index >= 15 is 0 Å². The molecule has 0 unspecified atom stereocenters. The van der Waals surface area contributed by atoms with E-state index < -0.39 is 0 Å². The maximum Gasteiger partial charge on any atom is 0.0366 e. The number of anilines is 1. The molecule has 0 aliphatic carbocycles. The molecule has 21 heavy (non-hydrogen) atoms. The first-order chi connectivity index (χ1) is 10.3. The Balaban J connectivity index is 0. The maximum atomic E-state index is 2.51. The molecule has 0 amide bonds. The minimum Gasteiger partial charge on any atom is -0.372 e. The highest BCUT2D eigenvalue weighted by atomic mass is 15.1. The van der Waals surface area contributed by atoms with Crippen LogP contribution in [0.4, 0.5) is 5.69 Å². The second-order valence-corrected chi connectivity index (χ2v) is 4.79. The van der Waals surface area contributed by atoms with Crippen LogP contribution in [0.1, 0.15) is 86.1 Å². The number of piperidine rings is 1. The summed E-state index contributed by atoms with van der Waals surface area (Å²) in [6.45, 7) is 19.0. The molecule has 1 aromatic carbocycles. The van der Waals surface area contributed by atoms with Crippen LogP contribution in [0.2, 0.25) is 0 Å². The molecule has 2 rings (SSSR count). The number of hydrogen-bond acceptors (Lipinski definition) is 1. The first kappa shape index (κ1) is 22.3. The Morgan fingerprint density at radius 1 is 0.714 bits per heavy atom. The number of benzene rings is 1. The van der Waals surface area contributed by atoms with Gasteiger partial charge in [-0.25, -0.2) is 0 Å². The lowest BCUT2D eigenvalue weighted by molar-refractivity contribution is 0.578. The molecule has 124 valence electrons. The van der Waals surface area contributed by atoms with Crippen molar-refractivity contribution in [2.75, 3.05) is 18.0 Å². The van der Waals surface area contributed by atoms with E-state index in [4.69, 9.17) is 0 Å². The molecular formula is C20H39N. The van der Waals surface area contributed by atoms with Crippen LogP contribution >= 0.6 is 0 Å². The monoisotopic (exact) mass is 293 g/mol. The highest BCUT2D eigenvalue weighted by molar-refractivity contribution is 5.48. The summed E-state index contributed by atoms with van der Waals surface area (Å²) >= 11 is 0. The van der Waals surface area contributed by atoms with Gasteiger partial charge >= 0.3 is 0 Å². The molecule has 1 saturated heterocycles. The van der Waals surface area contributed by atoms with Crippen LogP contribution in [-0.4, -0.2) is 13.1 Å². The van der Waals surface area contributed by atoms with Crippen molar-refractivity contribution in [1.29, 1.82) is 0 Å². The summed E-state index contributed by atoms with van der Waals surface area (Å²) in [4.78, 5) is 2.51. The Kier molecular flexibility index (Phi) is 16.4. The van der Waals surface area contributed by atoms with Crippen LogP contribution in [0.25, 0.3) is 0 Å². The van der Waals surface area contributed by atoms with Gasteiger partial charge in [0.2, 0.25) is 0 Å². The summed E-state index contributed by atoms with van der Waals surface area (Å²) in [5.41, 5.74) is 2.84. The lowest BCUT2D eigenvalue weighted by Crippen LogP contribution is -2.29. The maximum absolute atomic E-state index is 2.51. The van der Waals surface area contributed by atoms with Crippen LogP contribution in [0.15, 0.2) is 24.3 Å². The molecule has 1 nitrogen and oxygen atoms in total. The summed E-state index contributed by atoms with van der Waals surface area (Å²) in [6.07, 6.45) is 4.11. The van der Waals surface area contributed by atoms with Gasteiger partial charge in [-0.3, -0.25) is 0 Å². The largest absolute Gasteiger partial charge is 0.372 e. The Bertz CT molecular complexity index is 294. The average Bonchev–Trinajstić information content (AvgIpc) is 2.61. The first-order valence-corrected chi connectivity index (χ1v) is 9.12. The van der Waals surface area contributed by atoms with E-state index in [0.717, 1.165) is 0 Å². The highest BCUT2D eigenvalue weighted by Gasteiger charge is 2.10. The molecule has 1 aliphatic rings. The third-order valence-corrected chi connectivity index (χ3v) is 3.28. The standard InChI is InChI=1S/C14H21N.3C2H6/c1-12(2)13-6-8-14(9-7-13)15-10-4-3-5-11-15;3*1-2/h6-9,12H,3-5,10-11H2,1-2H3;3*1-2H3. The van der Waals surface area contributed by atoms with Crippen molar-refractivity contribution in [3.05, 3.63) is 29.8 Å². The molecule has 0 N–H and O–H groups in total. The Morgan fingerprint density at radius 2 is 1.14 bits per heavy atom. The summed E-state index contributed by atoms with van der Waals surface area (Å²) < 4.78 is 0. The lowest BCUT2D eigenvalue weighted by atomic mass is 10.0. The molecule has 1 heteroatoms. The van der Waals surface area contributed by atoms with Crippen molar-refractivity contribution in [3.63, 3.8) is 0 Å². The molecule has 0 saturated carbocycles. The van der Waals surface area contributed by atoms with Crippen LogP contribution in [0.5, 0.6) is 0 Å². The zero-order valence-corrected chi connectivity index (χ0v) is 15.9. The second kappa shape index (κ2) is 15.4. The predicted molar refractivity (Wildman–Crippen MR) is 101 cm³/mol. The molecule has 0 radical (unpaired) electrons. The fourth-order valence-corrected chi connectivity index (χ4v) is 2.22. The minimum atomic E-state index is 0.639. The zero-order valence-electron chi connectivity index (χ0n) is 15.9. The molecule has 0 atom stereocenters. The third kappa shape index (κ3) is 8.80. The van der Waals surface area contributed by atoms with Gasteiger partial charge < -0.3 is 4.90 Å². The SMILES string of the molecule is CC.CC.CC.CC(C)c1ccc(N2CCCCC2)cc1. The van der Waals surface area contributed by atoms with E-state index in [1.807, 2.05) is 41.5 Å². The predicted octanol–water partition coefficient (Wildman–Crippen LogP) is 6.88. The van der Waals surface area contributed by atoms with E-state index in [1.54, 1.807) is 0 Å². The minimum absolute atomic E-state index is 0.639. The van der Waals surface area contributed by atoms with Gasteiger partial charge in [-0.05, 0) is 42.9 Å². The van der Waals surface area contributed by atoms with Crippen molar-refractivity contribution in [2.24, 2.45) is 0 Å². The molecule has 0 bridgehead atoms. The Hall–Kier alpha value is -0.980. The van der Waals surface area contributed by atoms with Gasteiger partial charge in [0.15, 0.2) is 0 Å². The van der Waals surface area contributed by atoms with Crippen LogP contribution in [0.3, 0.4) is 0 Å². The molecular weight excluding hydrogens is 254 g/mol.